The largest absolute Gasteiger partial charge is 0.497 e. The second kappa shape index (κ2) is 11.6. The van der Waals surface area contributed by atoms with Gasteiger partial charge in [0.2, 0.25) is 0 Å². The summed E-state index contributed by atoms with van der Waals surface area (Å²) < 4.78 is 23.7. The second-order valence-corrected chi connectivity index (χ2v) is 8.24. The smallest absolute Gasteiger partial charge is 0.301 e. The second-order valence-electron chi connectivity index (χ2n) is 8.24. The van der Waals surface area contributed by atoms with E-state index < -0.39 is 17.9 Å². The van der Waals surface area contributed by atoms with E-state index in [1.54, 1.807) is 30.2 Å². The van der Waals surface area contributed by atoms with Gasteiger partial charge in [-0.2, -0.15) is 0 Å². The zero-order chi connectivity index (χ0) is 25.5. The minimum absolute atomic E-state index is 0.245. The lowest BCUT2D eigenvalue weighted by Gasteiger charge is -2.41. The molecule has 36 heavy (non-hydrogen) atoms. The van der Waals surface area contributed by atoms with Crippen LogP contribution in [0.3, 0.4) is 0 Å². The van der Waals surface area contributed by atoms with E-state index in [4.69, 9.17) is 14.3 Å². The number of methoxy groups -OCH3 is 2. The molecule has 0 spiro atoms. The quantitative estimate of drug-likeness (QED) is 0.255. The van der Waals surface area contributed by atoms with Crippen LogP contribution in [0.15, 0.2) is 84.6 Å². The molecule has 7 nitrogen and oxygen atoms in total. The minimum Gasteiger partial charge on any atom is -0.497 e. The molecule has 0 N–H and O–H groups in total. The minimum atomic E-state index is -0.740. The van der Waals surface area contributed by atoms with Crippen LogP contribution in [0, 0.1) is 5.82 Å². The number of piperazine rings is 1. The first-order valence-corrected chi connectivity index (χ1v) is 11.4. The molecule has 1 heterocycles. The number of imide groups is 1. The topological polar surface area (TPSA) is 68.3 Å². The number of halogens is 1. The first-order chi connectivity index (χ1) is 17.5. The number of ether oxygens (including phenoxy) is 2. The van der Waals surface area contributed by atoms with Gasteiger partial charge in [-0.1, -0.05) is 54.6 Å². The van der Waals surface area contributed by atoms with E-state index in [1.807, 2.05) is 54.6 Å². The van der Waals surface area contributed by atoms with Gasteiger partial charge in [-0.05, 0) is 47.0 Å². The molecule has 8 heteroatoms. The number of hydrogen-bond donors (Lipinski definition) is 0. The molecule has 2 amide bonds. The van der Waals surface area contributed by atoms with Gasteiger partial charge >= 0.3 is 5.91 Å². The van der Waals surface area contributed by atoms with Gasteiger partial charge in [0.25, 0.3) is 5.91 Å². The summed E-state index contributed by atoms with van der Waals surface area (Å²) in [6, 6.07) is 22.0. The molecule has 0 bridgehead atoms. The number of amides is 2. The highest BCUT2D eigenvalue weighted by atomic mass is 19.1. The van der Waals surface area contributed by atoms with Crippen molar-refractivity contribution in [3.63, 3.8) is 0 Å². The van der Waals surface area contributed by atoms with E-state index >= 15 is 0 Å². The van der Waals surface area contributed by atoms with Crippen molar-refractivity contribution in [2.45, 2.75) is 19.0 Å². The maximum absolute atomic E-state index is 13.6. The summed E-state index contributed by atoms with van der Waals surface area (Å²) in [4.78, 5) is 34.3. The highest BCUT2D eigenvalue weighted by Crippen LogP contribution is 2.29. The fraction of sp³-hybridized carbons (Fsp3) is 0.214. The van der Waals surface area contributed by atoms with Gasteiger partial charge in [-0.25, -0.2) is 9.23 Å². The lowest BCUT2D eigenvalue weighted by Crippen LogP contribution is -2.58. The van der Waals surface area contributed by atoms with Gasteiger partial charge in [0.15, 0.2) is 6.79 Å². The Kier molecular flexibility index (Phi) is 8.10. The average molecular weight is 491 g/mol. The molecule has 1 aliphatic heterocycles. The van der Waals surface area contributed by atoms with Crippen LogP contribution in [0.4, 0.5) is 4.39 Å². The Labute approximate surface area is 209 Å². The highest BCUT2D eigenvalue weighted by Gasteiger charge is 2.44. The van der Waals surface area contributed by atoms with Gasteiger partial charge in [-0.15, -0.1) is 5.06 Å². The van der Waals surface area contributed by atoms with Crippen molar-refractivity contribution in [2.75, 3.05) is 21.0 Å². The maximum Gasteiger partial charge on any atom is 0.301 e. The predicted molar refractivity (Wildman–Crippen MR) is 132 cm³/mol. The monoisotopic (exact) mass is 490 g/mol. The molecule has 0 radical (unpaired) electrons. The molecule has 1 saturated heterocycles. The number of carbonyl (C=O) groups excluding carboxylic acids is 2. The Morgan fingerprint density at radius 1 is 0.889 bits per heavy atom. The number of rotatable bonds is 9. The molecule has 0 unspecified atom stereocenters. The number of benzene rings is 3. The summed E-state index contributed by atoms with van der Waals surface area (Å²) >= 11 is 0. The van der Waals surface area contributed by atoms with Crippen LogP contribution < -0.4 is 4.74 Å². The fourth-order valence-corrected chi connectivity index (χ4v) is 4.01. The predicted octanol–water partition coefficient (Wildman–Crippen LogP) is 4.19. The molecule has 0 aromatic heterocycles. The normalized spacial score (nSPS) is 17.1. The van der Waals surface area contributed by atoms with Crippen LogP contribution >= 0.6 is 0 Å². The van der Waals surface area contributed by atoms with Crippen LogP contribution in [0.1, 0.15) is 16.7 Å². The molecule has 3 aromatic carbocycles. The van der Waals surface area contributed by atoms with E-state index in [0.29, 0.717) is 17.7 Å². The summed E-state index contributed by atoms with van der Waals surface area (Å²) in [5.41, 5.74) is 2.66. The summed E-state index contributed by atoms with van der Waals surface area (Å²) in [5, 5.41) is 0.761. The lowest BCUT2D eigenvalue weighted by molar-refractivity contribution is -0.225. The zero-order valence-electron chi connectivity index (χ0n) is 20.1. The van der Waals surface area contributed by atoms with Crippen molar-refractivity contribution in [3.8, 4) is 5.75 Å². The third-order valence-electron chi connectivity index (χ3n) is 5.83. The number of carbonyl (C=O) groups is 2. The van der Waals surface area contributed by atoms with E-state index in [1.165, 1.54) is 19.2 Å². The van der Waals surface area contributed by atoms with Gasteiger partial charge in [0.05, 0.1) is 7.11 Å². The van der Waals surface area contributed by atoms with Gasteiger partial charge in [0.1, 0.15) is 23.3 Å². The summed E-state index contributed by atoms with van der Waals surface area (Å²) in [6.45, 7) is 0.0158. The van der Waals surface area contributed by atoms with Crippen molar-refractivity contribution in [3.05, 3.63) is 107 Å². The Bertz CT molecular complexity index is 1210. The Hall–Kier alpha value is -4.01. The van der Waals surface area contributed by atoms with E-state index in [-0.39, 0.29) is 24.9 Å². The van der Waals surface area contributed by atoms with Crippen molar-refractivity contribution < 1.29 is 28.3 Å². The van der Waals surface area contributed by atoms with E-state index in [0.717, 1.165) is 16.2 Å². The summed E-state index contributed by atoms with van der Waals surface area (Å²) in [5.74, 6) is -0.805. The molecule has 3 aromatic rings. The van der Waals surface area contributed by atoms with Crippen molar-refractivity contribution >= 4 is 17.9 Å². The highest BCUT2D eigenvalue weighted by molar-refractivity contribution is 6.09. The third-order valence-corrected chi connectivity index (χ3v) is 5.83. The first kappa shape index (κ1) is 25.1. The SMILES string of the molecule is COCON1C(=O)/C(=C/c2ccc(F)cc2)N(Cc2ccc(OC)cc2)[C@@H](Cc2ccccc2)C1=O. The van der Waals surface area contributed by atoms with Crippen molar-refractivity contribution in [2.24, 2.45) is 0 Å². The first-order valence-electron chi connectivity index (χ1n) is 11.4. The molecule has 1 aliphatic rings. The fourth-order valence-electron chi connectivity index (χ4n) is 4.01. The Balaban J connectivity index is 1.79. The van der Waals surface area contributed by atoms with Crippen LogP contribution in [-0.2, 0) is 32.1 Å². The molecule has 186 valence electrons. The van der Waals surface area contributed by atoms with Crippen molar-refractivity contribution in [1.29, 1.82) is 0 Å². The van der Waals surface area contributed by atoms with Crippen LogP contribution in [-0.4, -0.2) is 48.8 Å². The van der Waals surface area contributed by atoms with E-state index in [2.05, 4.69) is 0 Å². The van der Waals surface area contributed by atoms with Crippen molar-refractivity contribution in [1.82, 2.24) is 9.96 Å². The average Bonchev–Trinajstić information content (AvgIpc) is 2.90. The maximum atomic E-state index is 13.6. The van der Waals surface area contributed by atoms with Crippen LogP contribution in [0.5, 0.6) is 5.75 Å². The molecule has 0 aliphatic carbocycles. The molecule has 1 atom stereocenters. The van der Waals surface area contributed by atoms with Gasteiger partial charge in [0, 0.05) is 20.1 Å². The molecular formula is C28H27FN2O5. The molecule has 0 saturated carbocycles. The lowest BCUT2D eigenvalue weighted by atomic mass is 9.98. The third kappa shape index (κ3) is 5.79. The van der Waals surface area contributed by atoms with Gasteiger partial charge in [-0.3, -0.25) is 9.59 Å². The molecule has 1 fully saturated rings. The Morgan fingerprint density at radius 2 is 1.58 bits per heavy atom. The number of nitrogens with zero attached hydrogens (tertiary/aromatic N) is 2. The summed E-state index contributed by atoms with van der Waals surface area (Å²) in [6.07, 6.45) is 1.98. The standard InChI is InChI=1S/C28H27FN2O5/c1-34-19-36-31-27(32)25(16-20-6-4-3-5-7-20)30(18-22-10-14-24(35-2)15-11-22)26(28(31)33)17-21-8-12-23(29)13-9-21/h3-15,17,25H,16,18-19H2,1-2H3/b26-17-/t25-/m0/s1. The zero-order valence-corrected chi connectivity index (χ0v) is 20.1. The number of hydrogen-bond acceptors (Lipinski definition) is 6. The molecule has 4 rings (SSSR count). The Morgan fingerprint density at radius 3 is 2.22 bits per heavy atom. The number of hydroxylamine groups is 2. The molecular weight excluding hydrogens is 463 g/mol. The van der Waals surface area contributed by atoms with Gasteiger partial charge < -0.3 is 14.4 Å². The van der Waals surface area contributed by atoms with E-state index in [9.17, 15) is 14.0 Å². The van der Waals surface area contributed by atoms with Crippen LogP contribution in [0.25, 0.3) is 6.08 Å². The van der Waals surface area contributed by atoms with Crippen LogP contribution in [0.2, 0.25) is 0 Å². The summed E-state index contributed by atoms with van der Waals surface area (Å²) in [7, 11) is 3.00.